The number of carbonyl (C=O) groups is 1. The quantitative estimate of drug-likeness (QED) is 0.787. The van der Waals surface area contributed by atoms with Crippen LogP contribution < -0.4 is 10.2 Å². The first-order valence-corrected chi connectivity index (χ1v) is 8.29. The van der Waals surface area contributed by atoms with Crippen molar-refractivity contribution in [1.29, 1.82) is 0 Å². The number of carbonyl (C=O) groups excluding carboxylic acids is 1. The summed E-state index contributed by atoms with van der Waals surface area (Å²) in [6, 6.07) is 3.61. The van der Waals surface area contributed by atoms with Crippen molar-refractivity contribution < 1.29 is 4.79 Å². The number of amides is 1. The number of allylic oxidation sites excluding steroid dienone is 1. The van der Waals surface area contributed by atoms with Crippen molar-refractivity contribution in [2.45, 2.75) is 46.0 Å². The van der Waals surface area contributed by atoms with Crippen molar-refractivity contribution in [3.63, 3.8) is 0 Å². The summed E-state index contributed by atoms with van der Waals surface area (Å²) in [5, 5.41) is 11.1. The summed E-state index contributed by atoms with van der Waals surface area (Å²) in [7, 11) is 0. The molecule has 1 heterocycles. The van der Waals surface area contributed by atoms with E-state index in [4.69, 9.17) is 0 Å². The van der Waals surface area contributed by atoms with Crippen LogP contribution in [0.2, 0.25) is 0 Å². The van der Waals surface area contributed by atoms with Crippen LogP contribution in [0.3, 0.4) is 0 Å². The highest BCUT2D eigenvalue weighted by molar-refractivity contribution is 5.92. The van der Waals surface area contributed by atoms with Crippen molar-refractivity contribution in [3.05, 3.63) is 29.5 Å². The molecule has 1 amide bonds. The zero-order valence-corrected chi connectivity index (χ0v) is 13.6. The summed E-state index contributed by atoms with van der Waals surface area (Å²) in [6.45, 7) is 6.58. The summed E-state index contributed by atoms with van der Waals surface area (Å²) >= 11 is 0. The topological polar surface area (TPSA) is 58.1 Å². The second-order valence-electron chi connectivity index (χ2n) is 5.56. The summed E-state index contributed by atoms with van der Waals surface area (Å²) < 4.78 is 0. The lowest BCUT2D eigenvalue weighted by molar-refractivity contribution is 0.0948. The zero-order chi connectivity index (χ0) is 15.8. The maximum absolute atomic E-state index is 12.1. The molecule has 22 heavy (non-hydrogen) atoms. The van der Waals surface area contributed by atoms with Crippen LogP contribution in [0, 0.1) is 0 Å². The van der Waals surface area contributed by atoms with Crippen LogP contribution in [0.25, 0.3) is 0 Å². The molecule has 0 fully saturated rings. The van der Waals surface area contributed by atoms with Crippen molar-refractivity contribution in [2.24, 2.45) is 0 Å². The van der Waals surface area contributed by atoms with E-state index in [1.807, 2.05) is 6.07 Å². The second-order valence-corrected chi connectivity index (χ2v) is 5.56. The lowest BCUT2D eigenvalue weighted by Crippen LogP contribution is -2.27. The molecule has 0 aromatic carbocycles. The van der Waals surface area contributed by atoms with E-state index in [1.165, 1.54) is 31.3 Å². The van der Waals surface area contributed by atoms with Gasteiger partial charge in [-0.05, 0) is 58.1 Å². The maximum Gasteiger partial charge on any atom is 0.271 e. The number of nitrogens with zero attached hydrogens (tertiary/aromatic N) is 3. The van der Waals surface area contributed by atoms with Crippen LogP contribution in [0.5, 0.6) is 0 Å². The third-order valence-electron chi connectivity index (χ3n) is 4.09. The van der Waals surface area contributed by atoms with Gasteiger partial charge in [-0.25, -0.2) is 0 Å². The third kappa shape index (κ3) is 4.55. The van der Waals surface area contributed by atoms with Crippen LogP contribution in [0.1, 0.15) is 56.4 Å². The normalized spacial score (nSPS) is 14.4. The lowest BCUT2D eigenvalue weighted by Gasteiger charge is -2.18. The molecular weight excluding hydrogens is 276 g/mol. The van der Waals surface area contributed by atoms with Crippen molar-refractivity contribution in [3.8, 4) is 0 Å². The van der Waals surface area contributed by atoms with Gasteiger partial charge in [0, 0.05) is 19.6 Å². The standard InChI is InChI=1S/C17H26N4O/c1-3-21(4-2)16-11-10-15(19-20-16)17(22)18-13-12-14-8-6-5-7-9-14/h8,10-11H,3-7,9,12-13H2,1-2H3,(H,18,22). The van der Waals surface area contributed by atoms with Crippen LogP contribution in [0.4, 0.5) is 5.82 Å². The Labute approximate surface area is 132 Å². The molecule has 0 bridgehead atoms. The molecule has 0 radical (unpaired) electrons. The predicted molar refractivity (Wildman–Crippen MR) is 89.1 cm³/mol. The Balaban J connectivity index is 1.83. The van der Waals surface area contributed by atoms with Gasteiger partial charge in [0.2, 0.25) is 0 Å². The van der Waals surface area contributed by atoms with E-state index >= 15 is 0 Å². The Hall–Kier alpha value is -1.91. The predicted octanol–water partition coefficient (Wildman–Crippen LogP) is 2.94. The third-order valence-corrected chi connectivity index (χ3v) is 4.09. The van der Waals surface area contributed by atoms with E-state index in [0.717, 1.165) is 25.3 Å². The van der Waals surface area contributed by atoms with Gasteiger partial charge >= 0.3 is 0 Å². The van der Waals surface area contributed by atoms with Crippen molar-refractivity contribution >= 4 is 11.7 Å². The van der Waals surface area contributed by atoms with Gasteiger partial charge in [-0.2, -0.15) is 0 Å². The fourth-order valence-corrected chi connectivity index (χ4v) is 2.72. The van der Waals surface area contributed by atoms with Gasteiger partial charge < -0.3 is 10.2 Å². The molecule has 1 N–H and O–H groups in total. The molecule has 1 aliphatic carbocycles. The molecule has 120 valence electrons. The number of nitrogens with one attached hydrogen (secondary N) is 1. The Morgan fingerprint density at radius 3 is 2.64 bits per heavy atom. The molecule has 2 rings (SSSR count). The van der Waals surface area contributed by atoms with Gasteiger partial charge in [0.1, 0.15) is 0 Å². The van der Waals surface area contributed by atoms with Gasteiger partial charge in [-0.3, -0.25) is 4.79 Å². The summed E-state index contributed by atoms with van der Waals surface area (Å²) in [5.74, 6) is 0.670. The summed E-state index contributed by atoms with van der Waals surface area (Å²) in [6.07, 6.45) is 8.18. The molecule has 0 unspecified atom stereocenters. The van der Waals surface area contributed by atoms with Gasteiger partial charge in [0.05, 0.1) is 0 Å². The first-order valence-electron chi connectivity index (χ1n) is 8.29. The first kappa shape index (κ1) is 16.5. The highest BCUT2D eigenvalue weighted by Gasteiger charge is 2.10. The van der Waals surface area contributed by atoms with Gasteiger partial charge in [0.25, 0.3) is 5.91 Å². The number of hydrogen-bond donors (Lipinski definition) is 1. The fraction of sp³-hybridized carbons (Fsp3) is 0.588. The minimum absolute atomic E-state index is 0.144. The molecule has 0 atom stereocenters. The molecule has 0 spiro atoms. The molecule has 0 saturated heterocycles. The highest BCUT2D eigenvalue weighted by Crippen LogP contribution is 2.19. The average Bonchev–Trinajstić information content (AvgIpc) is 2.57. The van der Waals surface area contributed by atoms with E-state index in [9.17, 15) is 4.79 Å². The summed E-state index contributed by atoms with van der Waals surface area (Å²) in [4.78, 5) is 14.2. The van der Waals surface area contributed by atoms with Gasteiger partial charge in [0.15, 0.2) is 11.5 Å². The maximum atomic E-state index is 12.1. The minimum Gasteiger partial charge on any atom is -0.356 e. The van der Waals surface area contributed by atoms with Crippen LogP contribution in [-0.4, -0.2) is 35.7 Å². The van der Waals surface area contributed by atoms with Crippen molar-refractivity contribution in [2.75, 3.05) is 24.5 Å². The molecule has 0 aliphatic heterocycles. The Bertz CT molecular complexity index is 506. The minimum atomic E-state index is -0.144. The highest BCUT2D eigenvalue weighted by atomic mass is 16.1. The molecule has 1 aromatic heterocycles. The Morgan fingerprint density at radius 1 is 1.23 bits per heavy atom. The number of aromatic nitrogens is 2. The number of anilines is 1. The number of rotatable bonds is 7. The van der Waals surface area contributed by atoms with E-state index in [-0.39, 0.29) is 5.91 Å². The largest absolute Gasteiger partial charge is 0.356 e. The van der Waals surface area contributed by atoms with E-state index < -0.39 is 0 Å². The molecule has 1 aromatic rings. The lowest BCUT2D eigenvalue weighted by atomic mass is 9.97. The summed E-state index contributed by atoms with van der Waals surface area (Å²) in [5.41, 5.74) is 1.85. The van der Waals surface area contributed by atoms with Crippen LogP contribution in [0.15, 0.2) is 23.8 Å². The molecule has 5 nitrogen and oxygen atoms in total. The molecule has 0 saturated carbocycles. The SMILES string of the molecule is CCN(CC)c1ccc(C(=O)NCCC2=CCCCC2)nn1. The Morgan fingerprint density at radius 2 is 2.05 bits per heavy atom. The van der Waals surface area contributed by atoms with Gasteiger partial charge in [-0.15, -0.1) is 10.2 Å². The van der Waals surface area contributed by atoms with Gasteiger partial charge in [-0.1, -0.05) is 11.6 Å². The first-order chi connectivity index (χ1) is 10.7. The molecule has 1 aliphatic rings. The second kappa shape index (κ2) is 8.51. The van der Waals surface area contributed by atoms with E-state index in [2.05, 4.69) is 40.3 Å². The van der Waals surface area contributed by atoms with Crippen LogP contribution in [-0.2, 0) is 0 Å². The molecular formula is C17H26N4O. The van der Waals surface area contributed by atoms with E-state index in [1.54, 1.807) is 6.07 Å². The average molecular weight is 302 g/mol. The van der Waals surface area contributed by atoms with E-state index in [0.29, 0.717) is 12.2 Å². The monoisotopic (exact) mass is 302 g/mol. The van der Waals surface area contributed by atoms with Crippen molar-refractivity contribution in [1.82, 2.24) is 15.5 Å². The zero-order valence-electron chi connectivity index (χ0n) is 13.6. The smallest absolute Gasteiger partial charge is 0.271 e. The van der Waals surface area contributed by atoms with Crippen LogP contribution >= 0.6 is 0 Å². The Kier molecular flexibility index (Phi) is 6.37. The fourth-order valence-electron chi connectivity index (χ4n) is 2.72. The number of hydrogen-bond acceptors (Lipinski definition) is 4. The molecule has 5 heteroatoms.